The smallest absolute Gasteiger partial charge is 0.337 e. The van der Waals surface area contributed by atoms with E-state index in [9.17, 15) is 9.59 Å². The quantitative estimate of drug-likeness (QED) is 0.740. The summed E-state index contributed by atoms with van der Waals surface area (Å²) in [6.07, 6.45) is 0.792. The summed E-state index contributed by atoms with van der Waals surface area (Å²) in [6.45, 7) is 0.430. The van der Waals surface area contributed by atoms with E-state index in [0.717, 1.165) is 6.42 Å². The minimum absolute atomic E-state index is 0.127. The highest BCUT2D eigenvalue weighted by molar-refractivity contribution is 7.09. The monoisotopic (exact) mass is 349 g/mol. The largest absolute Gasteiger partial charge is 0.493 e. The van der Waals surface area contributed by atoms with Gasteiger partial charge in [-0.1, -0.05) is 6.07 Å². The van der Waals surface area contributed by atoms with Gasteiger partial charge in [-0.05, 0) is 36.1 Å². The molecule has 1 heterocycles. The molecule has 0 unspecified atom stereocenters. The van der Waals surface area contributed by atoms with Crippen molar-refractivity contribution >= 4 is 23.2 Å². The molecule has 1 amide bonds. The summed E-state index contributed by atoms with van der Waals surface area (Å²) >= 11 is 1.66. The fourth-order valence-electron chi connectivity index (χ4n) is 2.01. The molecule has 0 bridgehead atoms. The first kappa shape index (κ1) is 17.8. The zero-order chi connectivity index (χ0) is 17.4. The first-order chi connectivity index (χ1) is 11.6. The molecule has 24 heavy (non-hydrogen) atoms. The third kappa shape index (κ3) is 4.99. The molecule has 2 rings (SSSR count). The van der Waals surface area contributed by atoms with Crippen LogP contribution in [0.5, 0.6) is 11.5 Å². The zero-order valence-corrected chi connectivity index (χ0v) is 14.4. The topological polar surface area (TPSA) is 73.9 Å². The predicted molar refractivity (Wildman–Crippen MR) is 90.9 cm³/mol. The van der Waals surface area contributed by atoms with Gasteiger partial charge in [0.25, 0.3) is 5.91 Å². The molecule has 0 saturated carbocycles. The number of hydrogen-bond donors (Lipinski definition) is 1. The van der Waals surface area contributed by atoms with E-state index in [1.165, 1.54) is 25.2 Å². The number of nitrogens with one attached hydrogen (secondary N) is 1. The summed E-state index contributed by atoms with van der Waals surface area (Å²) in [5, 5.41) is 4.80. The lowest BCUT2D eigenvalue weighted by Crippen LogP contribution is -2.30. The maximum absolute atomic E-state index is 11.8. The second kappa shape index (κ2) is 8.93. The summed E-state index contributed by atoms with van der Waals surface area (Å²) in [5.41, 5.74) is 0.349. The average molecular weight is 349 g/mol. The molecule has 2 aromatic rings. The van der Waals surface area contributed by atoms with E-state index in [-0.39, 0.29) is 12.5 Å². The highest BCUT2D eigenvalue weighted by Gasteiger charge is 2.12. The number of esters is 1. The van der Waals surface area contributed by atoms with Crippen LogP contribution in [0, 0.1) is 0 Å². The van der Waals surface area contributed by atoms with Gasteiger partial charge in [0.1, 0.15) is 0 Å². The van der Waals surface area contributed by atoms with Crippen LogP contribution >= 0.6 is 11.3 Å². The number of carbonyl (C=O) groups excluding carboxylic acids is 2. The van der Waals surface area contributed by atoms with Gasteiger partial charge < -0.3 is 19.5 Å². The molecular weight excluding hydrogens is 330 g/mol. The van der Waals surface area contributed by atoms with E-state index < -0.39 is 5.97 Å². The Bertz CT molecular complexity index is 684. The lowest BCUT2D eigenvalue weighted by molar-refractivity contribution is -0.123. The molecule has 0 aliphatic rings. The van der Waals surface area contributed by atoms with Gasteiger partial charge in [0.2, 0.25) is 0 Å². The van der Waals surface area contributed by atoms with E-state index in [1.807, 2.05) is 17.5 Å². The molecular formula is C17H19NO5S. The van der Waals surface area contributed by atoms with Crippen LogP contribution in [-0.4, -0.2) is 39.2 Å². The van der Waals surface area contributed by atoms with Crippen LogP contribution < -0.4 is 14.8 Å². The Hall–Kier alpha value is -2.54. The Kier molecular flexibility index (Phi) is 6.62. The lowest BCUT2D eigenvalue weighted by atomic mass is 10.2. The molecule has 1 aromatic heterocycles. The number of hydrogen-bond acceptors (Lipinski definition) is 6. The van der Waals surface area contributed by atoms with Gasteiger partial charge in [-0.3, -0.25) is 4.79 Å². The summed E-state index contributed by atoms with van der Waals surface area (Å²) in [7, 11) is 2.77. The fraction of sp³-hybridized carbons (Fsp3) is 0.294. The molecule has 6 nitrogen and oxygen atoms in total. The predicted octanol–water partition coefficient (Wildman–Crippen LogP) is 2.28. The molecule has 0 saturated heterocycles. The van der Waals surface area contributed by atoms with Crippen LogP contribution in [0.2, 0.25) is 0 Å². The number of rotatable bonds is 8. The SMILES string of the molecule is COC(=O)c1ccc(OCC(=O)NCCc2cccs2)c(OC)c1. The van der Waals surface area contributed by atoms with Crippen LogP contribution in [-0.2, 0) is 16.0 Å². The van der Waals surface area contributed by atoms with Crippen LogP contribution in [0.25, 0.3) is 0 Å². The summed E-state index contributed by atoms with van der Waals surface area (Å²) in [5.74, 6) is 0.0691. The van der Waals surface area contributed by atoms with Gasteiger partial charge in [0.05, 0.1) is 19.8 Å². The van der Waals surface area contributed by atoms with E-state index in [4.69, 9.17) is 9.47 Å². The van der Waals surface area contributed by atoms with Crippen molar-refractivity contribution in [1.29, 1.82) is 0 Å². The molecule has 0 aliphatic carbocycles. The van der Waals surface area contributed by atoms with E-state index in [0.29, 0.717) is 23.6 Å². The van der Waals surface area contributed by atoms with Gasteiger partial charge in [-0.2, -0.15) is 0 Å². The van der Waals surface area contributed by atoms with Crippen molar-refractivity contribution in [1.82, 2.24) is 5.32 Å². The second-order valence-corrected chi connectivity index (χ2v) is 5.86. The molecule has 0 aliphatic heterocycles. The van der Waals surface area contributed by atoms with E-state index in [1.54, 1.807) is 23.5 Å². The van der Waals surface area contributed by atoms with E-state index >= 15 is 0 Å². The fourth-order valence-corrected chi connectivity index (χ4v) is 2.71. The normalized spacial score (nSPS) is 10.1. The van der Waals surface area contributed by atoms with Gasteiger partial charge in [-0.15, -0.1) is 11.3 Å². The number of methoxy groups -OCH3 is 2. The Labute approximate surface area is 144 Å². The second-order valence-electron chi connectivity index (χ2n) is 4.83. The van der Waals surface area contributed by atoms with Gasteiger partial charge in [0, 0.05) is 11.4 Å². The number of ether oxygens (including phenoxy) is 3. The average Bonchev–Trinajstić information content (AvgIpc) is 3.12. The highest BCUT2D eigenvalue weighted by Crippen LogP contribution is 2.28. The van der Waals surface area contributed by atoms with Crippen molar-refractivity contribution in [3.05, 3.63) is 46.2 Å². The van der Waals surface area contributed by atoms with Gasteiger partial charge in [-0.25, -0.2) is 4.79 Å². The first-order valence-electron chi connectivity index (χ1n) is 7.32. The Balaban J connectivity index is 1.84. The summed E-state index contributed by atoms with van der Waals surface area (Å²) in [4.78, 5) is 24.5. The molecule has 1 aromatic carbocycles. The Morgan fingerprint density at radius 1 is 1.17 bits per heavy atom. The van der Waals surface area contributed by atoms with Crippen molar-refractivity contribution in [2.24, 2.45) is 0 Å². The molecule has 1 N–H and O–H groups in total. The van der Waals surface area contributed by atoms with Crippen molar-refractivity contribution in [2.45, 2.75) is 6.42 Å². The lowest BCUT2D eigenvalue weighted by Gasteiger charge is -2.11. The zero-order valence-electron chi connectivity index (χ0n) is 13.5. The van der Waals surface area contributed by atoms with Crippen molar-refractivity contribution in [2.75, 3.05) is 27.4 Å². The van der Waals surface area contributed by atoms with Gasteiger partial charge >= 0.3 is 5.97 Å². The summed E-state index contributed by atoms with van der Waals surface area (Å²) < 4.78 is 15.3. The maximum Gasteiger partial charge on any atom is 0.337 e. The highest BCUT2D eigenvalue weighted by atomic mass is 32.1. The van der Waals surface area contributed by atoms with Crippen LogP contribution in [0.4, 0.5) is 0 Å². The number of amides is 1. The minimum atomic E-state index is -0.467. The van der Waals surface area contributed by atoms with Gasteiger partial charge in [0.15, 0.2) is 18.1 Å². The number of benzene rings is 1. The van der Waals surface area contributed by atoms with Crippen molar-refractivity contribution in [3.63, 3.8) is 0 Å². The maximum atomic E-state index is 11.8. The molecule has 7 heteroatoms. The Morgan fingerprint density at radius 2 is 2.00 bits per heavy atom. The molecule has 0 spiro atoms. The first-order valence-corrected chi connectivity index (χ1v) is 8.20. The molecule has 0 atom stereocenters. The van der Waals surface area contributed by atoms with E-state index in [2.05, 4.69) is 10.1 Å². The summed E-state index contributed by atoms with van der Waals surface area (Å²) in [6, 6.07) is 8.65. The third-order valence-electron chi connectivity index (χ3n) is 3.22. The number of thiophene rings is 1. The van der Waals surface area contributed by atoms with Crippen molar-refractivity contribution in [3.8, 4) is 11.5 Å². The minimum Gasteiger partial charge on any atom is -0.493 e. The van der Waals surface area contributed by atoms with Crippen molar-refractivity contribution < 1.29 is 23.8 Å². The molecule has 0 radical (unpaired) electrons. The number of carbonyl (C=O) groups is 2. The van der Waals surface area contributed by atoms with Crippen LogP contribution in [0.3, 0.4) is 0 Å². The third-order valence-corrected chi connectivity index (χ3v) is 4.15. The Morgan fingerprint density at radius 3 is 2.67 bits per heavy atom. The van der Waals surface area contributed by atoms with Crippen LogP contribution in [0.1, 0.15) is 15.2 Å². The molecule has 0 fully saturated rings. The molecule has 128 valence electrons. The standard InChI is InChI=1S/C17H19NO5S/c1-21-15-10-12(17(20)22-2)5-6-14(15)23-11-16(19)18-8-7-13-4-3-9-24-13/h3-6,9-10H,7-8,11H2,1-2H3,(H,18,19). The van der Waals surface area contributed by atoms with Crippen LogP contribution in [0.15, 0.2) is 35.7 Å².